The van der Waals surface area contributed by atoms with Crippen molar-refractivity contribution in [2.75, 3.05) is 18.9 Å². The predicted octanol–water partition coefficient (Wildman–Crippen LogP) is 5.58. The average Bonchev–Trinajstić information content (AvgIpc) is 2.70. The van der Waals surface area contributed by atoms with E-state index in [-0.39, 0.29) is 5.91 Å². The van der Waals surface area contributed by atoms with Gasteiger partial charge in [-0.15, -0.1) is 0 Å². The molecule has 2 rings (SSSR count). The fraction of sp³-hybridized carbons (Fsp3) is 0.478. The Morgan fingerprint density at radius 2 is 1.74 bits per heavy atom. The third kappa shape index (κ3) is 6.70. The van der Waals surface area contributed by atoms with E-state index in [0.29, 0.717) is 5.56 Å². The summed E-state index contributed by atoms with van der Waals surface area (Å²) in [5, 5.41) is 6.11. The second kappa shape index (κ2) is 11.4. The summed E-state index contributed by atoms with van der Waals surface area (Å²) in [5.41, 5.74) is 3.65. The number of unbranched alkanes of at least 4 members (excludes halogenated alkanes) is 6. The number of anilines is 1. The number of pyridine rings is 1. The molecule has 0 saturated heterocycles. The molecule has 1 aromatic heterocycles. The number of aryl methyl sites for hydroxylation is 1. The van der Waals surface area contributed by atoms with E-state index in [0.717, 1.165) is 35.6 Å². The smallest absolute Gasteiger partial charge is 0.251 e. The maximum Gasteiger partial charge on any atom is 0.251 e. The zero-order chi connectivity index (χ0) is 19.5. The first kappa shape index (κ1) is 20.9. The number of benzene rings is 1. The SMILES string of the molecule is CCCCCCCCCNC(=O)c1cccc(-c2nc(NC)ccc2C)c1. The number of hydrogen-bond donors (Lipinski definition) is 2. The van der Waals surface area contributed by atoms with Gasteiger partial charge in [-0.05, 0) is 37.1 Å². The third-order valence-electron chi connectivity index (χ3n) is 4.82. The zero-order valence-corrected chi connectivity index (χ0v) is 17.0. The molecule has 2 N–H and O–H groups in total. The molecule has 1 amide bonds. The highest BCUT2D eigenvalue weighted by molar-refractivity contribution is 5.95. The molecule has 0 aliphatic carbocycles. The number of carbonyl (C=O) groups excluding carboxylic acids is 1. The Bertz CT molecular complexity index is 727. The van der Waals surface area contributed by atoms with Gasteiger partial charge in [-0.1, -0.05) is 63.6 Å². The molecule has 2 aromatic rings. The zero-order valence-electron chi connectivity index (χ0n) is 17.0. The summed E-state index contributed by atoms with van der Waals surface area (Å²) in [5.74, 6) is 0.814. The minimum Gasteiger partial charge on any atom is -0.373 e. The van der Waals surface area contributed by atoms with E-state index in [1.807, 2.05) is 50.4 Å². The first-order valence-electron chi connectivity index (χ1n) is 10.2. The highest BCUT2D eigenvalue weighted by Gasteiger charge is 2.09. The van der Waals surface area contributed by atoms with E-state index in [2.05, 4.69) is 22.5 Å². The lowest BCUT2D eigenvalue weighted by molar-refractivity contribution is 0.0953. The molecule has 0 aliphatic rings. The predicted molar refractivity (Wildman–Crippen MR) is 114 cm³/mol. The quantitative estimate of drug-likeness (QED) is 0.510. The van der Waals surface area contributed by atoms with Gasteiger partial charge in [0.2, 0.25) is 0 Å². The van der Waals surface area contributed by atoms with Crippen LogP contribution in [0.25, 0.3) is 11.3 Å². The molecule has 0 saturated carbocycles. The highest BCUT2D eigenvalue weighted by atomic mass is 16.1. The summed E-state index contributed by atoms with van der Waals surface area (Å²) in [4.78, 5) is 17.1. The molecule has 27 heavy (non-hydrogen) atoms. The molecule has 4 nitrogen and oxygen atoms in total. The van der Waals surface area contributed by atoms with Gasteiger partial charge >= 0.3 is 0 Å². The summed E-state index contributed by atoms with van der Waals surface area (Å²) in [7, 11) is 1.86. The van der Waals surface area contributed by atoms with Crippen molar-refractivity contribution in [2.24, 2.45) is 0 Å². The van der Waals surface area contributed by atoms with Crippen molar-refractivity contribution in [1.29, 1.82) is 0 Å². The number of carbonyl (C=O) groups is 1. The molecule has 0 bridgehead atoms. The summed E-state index contributed by atoms with van der Waals surface area (Å²) >= 11 is 0. The van der Waals surface area contributed by atoms with E-state index in [4.69, 9.17) is 0 Å². The number of hydrogen-bond acceptors (Lipinski definition) is 3. The maximum absolute atomic E-state index is 12.5. The Labute approximate surface area is 163 Å². The van der Waals surface area contributed by atoms with Crippen LogP contribution in [0.3, 0.4) is 0 Å². The fourth-order valence-electron chi connectivity index (χ4n) is 3.15. The molecule has 0 aliphatic heterocycles. The van der Waals surface area contributed by atoms with Crippen molar-refractivity contribution in [3.05, 3.63) is 47.5 Å². The lowest BCUT2D eigenvalue weighted by atomic mass is 10.0. The van der Waals surface area contributed by atoms with Crippen molar-refractivity contribution < 1.29 is 4.79 Å². The van der Waals surface area contributed by atoms with Crippen LogP contribution in [0.1, 0.15) is 67.8 Å². The minimum absolute atomic E-state index is 0.00902. The molecule has 0 unspecified atom stereocenters. The summed E-state index contributed by atoms with van der Waals surface area (Å²) in [6.45, 7) is 5.01. The second-order valence-corrected chi connectivity index (χ2v) is 7.07. The lowest BCUT2D eigenvalue weighted by Crippen LogP contribution is -2.24. The van der Waals surface area contributed by atoms with E-state index >= 15 is 0 Å². The molecule has 0 fully saturated rings. The van der Waals surface area contributed by atoms with Crippen molar-refractivity contribution >= 4 is 11.7 Å². The Morgan fingerprint density at radius 3 is 2.48 bits per heavy atom. The Morgan fingerprint density at radius 1 is 1.00 bits per heavy atom. The standard InChI is InChI=1S/C23H33N3O/c1-4-5-6-7-8-9-10-16-25-23(27)20-13-11-12-19(17-20)22-18(2)14-15-21(24-3)26-22/h11-15,17H,4-10,16H2,1-3H3,(H,24,26)(H,25,27). The van der Waals surface area contributed by atoms with Crippen molar-refractivity contribution in [2.45, 2.75) is 58.8 Å². The first-order valence-corrected chi connectivity index (χ1v) is 10.2. The second-order valence-electron chi connectivity index (χ2n) is 7.07. The van der Waals surface area contributed by atoms with Crippen LogP contribution in [0.2, 0.25) is 0 Å². The van der Waals surface area contributed by atoms with Gasteiger partial charge in [0, 0.05) is 24.7 Å². The molecule has 0 radical (unpaired) electrons. The minimum atomic E-state index is -0.00902. The van der Waals surface area contributed by atoms with Gasteiger partial charge in [0.15, 0.2) is 0 Å². The van der Waals surface area contributed by atoms with Crippen molar-refractivity contribution in [3.8, 4) is 11.3 Å². The first-order chi connectivity index (χ1) is 13.2. The molecule has 0 spiro atoms. The van der Waals surface area contributed by atoms with Gasteiger partial charge in [0.25, 0.3) is 5.91 Å². The van der Waals surface area contributed by atoms with E-state index in [9.17, 15) is 4.79 Å². The van der Waals surface area contributed by atoms with Gasteiger partial charge in [0.1, 0.15) is 5.82 Å². The molecule has 1 aromatic carbocycles. The van der Waals surface area contributed by atoms with Crippen LogP contribution in [0.4, 0.5) is 5.82 Å². The van der Waals surface area contributed by atoms with E-state index in [1.54, 1.807) is 0 Å². The highest BCUT2D eigenvalue weighted by Crippen LogP contribution is 2.24. The fourth-order valence-corrected chi connectivity index (χ4v) is 3.15. The van der Waals surface area contributed by atoms with Gasteiger partial charge < -0.3 is 10.6 Å². The Hall–Kier alpha value is -2.36. The summed E-state index contributed by atoms with van der Waals surface area (Å²) in [6, 6.07) is 11.7. The maximum atomic E-state index is 12.5. The number of rotatable bonds is 11. The van der Waals surface area contributed by atoms with Gasteiger partial charge in [-0.2, -0.15) is 0 Å². The Kier molecular flexibility index (Phi) is 8.82. The van der Waals surface area contributed by atoms with Crippen molar-refractivity contribution in [3.63, 3.8) is 0 Å². The topological polar surface area (TPSA) is 54.0 Å². The van der Waals surface area contributed by atoms with E-state index in [1.165, 1.54) is 38.5 Å². The van der Waals surface area contributed by atoms with Crippen LogP contribution in [0.15, 0.2) is 36.4 Å². The van der Waals surface area contributed by atoms with Crippen molar-refractivity contribution in [1.82, 2.24) is 10.3 Å². The van der Waals surface area contributed by atoms with Crippen LogP contribution >= 0.6 is 0 Å². The average molecular weight is 368 g/mol. The number of aromatic nitrogens is 1. The molecule has 4 heteroatoms. The number of amides is 1. The third-order valence-corrected chi connectivity index (χ3v) is 4.82. The molecule has 0 atom stereocenters. The van der Waals surface area contributed by atoms with Gasteiger partial charge in [0.05, 0.1) is 5.69 Å². The number of nitrogens with zero attached hydrogens (tertiary/aromatic N) is 1. The monoisotopic (exact) mass is 367 g/mol. The van der Waals surface area contributed by atoms with Gasteiger partial charge in [-0.25, -0.2) is 4.98 Å². The Balaban J connectivity index is 1.88. The summed E-state index contributed by atoms with van der Waals surface area (Å²) in [6.07, 6.45) is 8.74. The van der Waals surface area contributed by atoms with Crippen LogP contribution in [-0.4, -0.2) is 24.5 Å². The van der Waals surface area contributed by atoms with Crippen LogP contribution in [-0.2, 0) is 0 Å². The largest absolute Gasteiger partial charge is 0.373 e. The molecule has 1 heterocycles. The van der Waals surface area contributed by atoms with Gasteiger partial charge in [-0.3, -0.25) is 4.79 Å². The normalized spacial score (nSPS) is 10.6. The molecular weight excluding hydrogens is 334 g/mol. The molecular formula is C23H33N3O. The summed E-state index contributed by atoms with van der Waals surface area (Å²) < 4.78 is 0. The van der Waals surface area contributed by atoms with Crippen LogP contribution < -0.4 is 10.6 Å². The molecule has 146 valence electrons. The number of nitrogens with one attached hydrogen (secondary N) is 2. The van der Waals surface area contributed by atoms with E-state index < -0.39 is 0 Å². The lowest BCUT2D eigenvalue weighted by Gasteiger charge is -2.10. The van der Waals surface area contributed by atoms with Crippen LogP contribution in [0, 0.1) is 6.92 Å². The van der Waals surface area contributed by atoms with Crippen LogP contribution in [0.5, 0.6) is 0 Å².